The highest BCUT2D eigenvalue weighted by Crippen LogP contribution is 2.30. The van der Waals surface area contributed by atoms with Crippen LogP contribution in [0.5, 0.6) is 0 Å². The van der Waals surface area contributed by atoms with Crippen LogP contribution >= 0.6 is 27.3 Å². The molecular formula is C9H10BrNO3S2. The maximum Gasteiger partial charge on any atom is 0.269 e. The van der Waals surface area contributed by atoms with Crippen molar-refractivity contribution in [2.45, 2.75) is 13.3 Å². The van der Waals surface area contributed by atoms with Crippen molar-refractivity contribution in [1.29, 1.82) is 0 Å². The molecule has 0 N–H and O–H groups in total. The zero-order chi connectivity index (χ0) is 11.9. The second-order valence-electron chi connectivity index (χ2n) is 3.59. The molecular weight excluding hydrogens is 314 g/mol. The van der Waals surface area contributed by atoms with Gasteiger partial charge in [0.15, 0.2) is 0 Å². The van der Waals surface area contributed by atoms with Crippen molar-refractivity contribution >= 4 is 43.2 Å². The molecule has 0 bridgehead atoms. The molecule has 0 aliphatic carbocycles. The topological polar surface area (TPSA) is 54.5 Å². The van der Waals surface area contributed by atoms with E-state index in [1.807, 2.05) is 6.92 Å². The number of carbonyl (C=O) groups is 1. The van der Waals surface area contributed by atoms with E-state index in [1.54, 1.807) is 6.07 Å². The standard InChI is InChI=1S/C9H10BrNO3S2/c1-6-5-7(8(10)15-6)9(12)11-3-2-4-16(11,13)14/h5H,2-4H2,1H3. The third kappa shape index (κ3) is 2.03. The SMILES string of the molecule is Cc1cc(C(=O)N2CCCS2(=O)=O)c(Br)s1. The van der Waals surface area contributed by atoms with Gasteiger partial charge < -0.3 is 0 Å². The van der Waals surface area contributed by atoms with Gasteiger partial charge in [-0.25, -0.2) is 12.7 Å². The smallest absolute Gasteiger partial charge is 0.268 e. The maximum absolute atomic E-state index is 12.0. The number of nitrogens with zero attached hydrogens (tertiary/aromatic N) is 1. The maximum atomic E-state index is 12.0. The van der Waals surface area contributed by atoms with Crippen LogP contribution < -0.4 is 0 Å². The van der Waals surface area contributed by atoms with Crippen molar-refractivity contribution in [3.05, 3.63) is 20.3 Å². The van der Waals surface area contributed by atoms with E-state index in [0.29, 0.717) is 22.3 Å². The molecule has 0 atom stereocenters. The molecule has 1 aliphatic rings. The highest BCUT2D eigenvalue weighted by atomic mass is 79.9. The Bertz CT molecular complexity index is 535. The van der Waals surface area contributed by atoms with Crippen LogP contribution in [0.2, 0.25) is 0 Å². The molecule has 2 rings (SSSR count). The molecule has 1 amide bonds. The van der Waals surface area contributed by atoms with Crippen molar-refractivity contribution in [3.63, 3.8) is 0 Å². The molecule has 0 radical (unpaired) electrons. The molecule has 4 nitrogen and oxygen atoms in total. The van der Waals surface area contributed by atoms with Gasteiger partial charge in [-0.15, -0.1) is 11.3 Å². The number of aryl methyl sites for hydroxylation is 1. The number of thiophene rings is 1. The third-order valence-electron chi connectivity index (χ3n) is 2.37. The first kappa shape index (κ1) is 12.1. The molecule has 2 heterocycles. The van der Waals surface area contributed by atoms with Crippen LogP contribution in [0, 0.1) is 6.92 Å². The molecule has 88 valence electrons. The first-order valence-corrected chi connectivity index (χ1v) is 7.94. The molecule has 1 aromatic rings. The molecule has 1 fully saturated rings. The van der Waals surface area contributed by atoms with Gasteiger partial charge in [0.25, 0.3) is 5.91 Å². The monoisotopic (exact) mass is 323 g/mol. The highest BCUT2D eigenvalue weighted by Gasteiger charge is 2.34. The molecule has 0 saturated carbocycles. The highest BCUT2D eigenvalue weighted by molar-refractivity contribution is 9.11. The van der Waals surface area contributed by atoms with Gasteiger partial charge in [0, 0.05) is 11.4 Å². The summed E-state index contributed by atoms with van der Waals surface area (Å²) in [5.41, 5.74) is 0.438. The lowest BCUT2D eigenvalue weighted by Crippen LogP contribution is -2.32. The molecule has 16 heavy (non-hydrogen) atoms. The molecule has 0 aromatic carbocycles. The molecule has 1 aromatic heterocycles. The van der Waals surface area contributed by atoms with Crippen LogP contribution in [0.3, 0.4) is 0 Å². The number of hydrogen-bond donors (Lipinski definition) is 0. The number of hydrogen-bond acceptors (Lipinski definition) is 4. The van der Waals surface area contributed by atoms with Crippen molar-refractivity contribution in [2.24, 2.45) is 0 Å². The zero-order valence-electron chi connectivity index (χ0n) is 8.57. The van der Waals surface area contributed by atoms with Gasteiger partial charge in [0.05, 0.1) is 15.1 Å². The summed E-state index contributed by atoms with van der Waals surface area (Å²) >= 11 is 4.71. The Morgan fingerprint density at radius 2 is 2.25 bits per heavy atom. The summed E-state index contributed by atoms with van der Waals surface area (Å²) in [5, 5.41) is 0. The van der Waals surface area contributed by atoms with E-state index in [9.17, 15) is 13.2 Å². The van der Waals surface area contributed by atoms with Crippen LogP contribution in [0.1, 0.15) is 21.7 Å². The largest absolute Gasteiger partial charge is 0.269 e. The van der Waals surface area contributed by atoms with Crippen LogP contribution in [-0.4, -0.2) is 30.9 Å². The fourth-order valence-electron chi connectivity index (χ4n) is 1.63. The lowest BCUT2D eigenvalue weighted by molar-refractivity contribution is 0.0869. The minimum absolute atomic E-state index is 0.0689. The summed E-state index contributed by atoms with van der Waals surface area (Å²) in [5.74, 6) is -0.354. The van der Waals surface area contributed by atoms with Gasteiger partial charge in [0.1, 0.15) is 0 Å². The lowest BCUT2D eigenvalue weighted by Gasteiger charge is -2.13. The van der Waals surface area contributed by atoms with Crippen LogP contribution in [0.25, 0.3) is 0 Å². The summed E-state index contributed by atoms with van der Waals surface area (Å²) < 4.78 is 24.8. The fraction of sp³-hybridized carbons (Fsp3) is 0.444. The number of rotatable bonds is 1. The predicted octanol–water partition coefficient (Wildman–Crippen LogP) is 1.99. The van der Waals surface area contributed by atoms with Crippen molar-refractivity contribution in [3.8, 4) is 0 Å². The van der Waals surface area contributed by atoms with Gasteiger partial charge >= 0.3 is 0 Å². The fourth-order valence-corrected chi connectivity index (χ4v) is 4.87. The summed E-state index contributed by atoms with van der Waals surface area (Å²) in [6.45, 7) is 2.17. The average molecular weight is 324 g/mol. The lowest BCUT2D eigenvalue weighted by atomic mass is 10.3. The molecule has 7 heteroatoms. The van der Waals surface area contributed by atoms with E-state index in [4.69, 9.17) is 0 Å². The first-order valence-electron chi connectivity index (χ1n) is 4.72. The van der Waals surface area contributed by atoms with E-state index >= 15 is 0 Å². The van der Waals surface area contributed by atoms with E-state index in [-0.39, 0.29) is 5.75 Å². The molecule has 0 unspecified atom stereocenters. The van der Waals surface area contributed by atoms with E-state index in [1.165, 1.54) is 11.3 Å². The minimum Gasteiger partial charge on any atom is -0.268 e. The third-order valence-corrected chi connectivity index (χ3v) is 5.94. The van der Waals surface area contributed by atoms with E-state index in [0.717, 1.165) is 9.18 Å². The quantitative estimate of drug-likeness (QED) is 0.794. The summed E-state index contributed by atoms with van der Waals surface area (Å²) in [6.07, 6.45) is 0.523. The van der Waals surface area contributed by atoms with Gasteiger partial charge in [0.2, 0.25) is 10.0 Å². The average Bonchev–Trinajstić information content (AvgIpc) is 2.68. The van der Waals surface area contributed by atoms with Gasteiger partial charge in [-0.1, -0.05) is 0 Å². The Balaban J connectivity index is 2.36. The Hall–Kier alpha value is -0.400. The predicted molar refractivity (Wildman–Crippen MR) is 66.2 cm³/mol. The number of halogens is 1. The first-order chi connectivity index (χ1) is 7.42. The summed E-state index contributed by atoms with van der Waals surface area (Å²) in [7, 11) is -3.37. The second-order valence-corrected chi connectivity index (χ2v) is 8.18. The Labute approximate surface area is 106 Å². The number of carbonyl (C=O) groups excluding carboxylic acids is 1. The van der Waals surface area contributed by atoms with Crippen molar-refractivity contribution in [2.75, 3.05) is 12.3 Å². The minimum atomic E-state index is -3.37. The number of sulfonamides is 1. The van der Waals surface area contributed by atoms with Crippen molar-refractivity contribution in [1.82, 2.24) is 4.31 Å². The Morgan fingerprint density at radius 1 is 1.56 bits per heavy atom. The molecule has 1 saturated heterocycles. The van der Waals surface area contributed by atoms with E-state index < -0.39 is 15.9 Å². The Kier molecular flexibility index (Phi) is 3.11. The van der Waals surface area contributed by atoms with Gasteiger partial charge in [-0.05, 0) is 35.3 Å². The second kappa shape index (κ2) is 4.12. The molecule has 1 aliphatic heterocycles. The van der Waals surface area contributed by atoms with Crippen molar-refractivity contribution < 1.29 is 13.2 Å². The number of amides is 1. The summed E-state index contributed by atoms with van der Waals surface area (Å²) in [4.78, 5) is 13.0. The normalized spacial score (nSPS) is 19.0. The zero-order valence-corrected chi connectivity index (χ0v) is 11.8. The van der Waals surface area contributed by atoms with Crippen LogP contribution in [0.4, 0.5) is 0 Å². The van der Waals surface area contributed by atoms with Gasteiger partial charge in [-0.3, -0.25) is 4.79 Å². The van der Waals surface area contributed by atoms with Gasteiger partial charge in [-0.2, -0.15) is 0 Å². The van der Waals surface area contributed by atoms with E-state index in [2.05, 4.69) is 15.9 Å². The van der Waals surface area contributed by atoms with Crippen LogP contribution in [0.15, 0.2) is 9.85 Å². The summed E-state index contributed by atoms with van der Waals surface area (Å²) in [6, 6.07) is 1.71. The van der Waals surface area contributed by atoms with Crippen LogP contribution in [-0.2, 0) is 10.0 Å². The molecule has 0 spiro atoms. The Morgan fingerprint density at radius 3 is 2.69 bits per heavy atom.